The molecule has 0 fully saturated rings. The molecule has 0 radical (unpaired) electrons. The summed E-state index contributed by atoms with van der Waals surface area (Å²) in [5.74, 6) is 3.83. The van der Waals surface area contributed by atoms with Crippen molar-refractivity contribution >= 4 is 33.4 Å². The van der Waals surface area contributed by atoms with Gasteiger partial charge < -0.3 is 16.4 Å². The van der Waals surface area contributed by atoms with Crippen LogP contribution in [0.4, 0.5) is 11.6 Å². The molecule has 9 nitrogen and oxygen atoms in total. The van der Waals surface area contributed by atoms with Crippen LogP contribution in [0, 0.1) is 0 Å². The number of aromatic nitrogens is 6. The number of nitrogens with two attached hydrogens (primary N) is 1. The van der Waals surface area contributed by atoms with Crippen LogP contribution in [0.1, 0.15) is 103 Å². The lowest BCUT2D eigenvalue weighted by Crippen LogP contribution is -2.18. The van der Waals surface area contributed by atoms with E-state index in [0.29, 0.717) is 11.9 Å². The average molecular weight is 794 g/mol. The number of fused-ring (bicyclic) bond motifs is 4. The SMILES string of the molecule is CC(C)c1cc2ccccc2n1-c1nc2c(c(NCc3ccccc3)n1)CCCC2.CC(N)c1cc2ccccc2n1-c1nc2c(c(NCc3ccccc3)n1)CCCC2. The van der Waals surface area contributed by atoms with E-state index in [0.717, 1.165) is 78.6 Å². The molecule has 10 rings (SSSR count). The Morgan fingerprint density at radius 2 is 0.933 bits per heavy atom. The smallest absolute Gasteiger partial charge is 0.236 e. The van der Waals surface area contributed by atoms with E-state index in [9.17, 15) is 0 Å². The predicted molar refractivity (Wildman–Crippen MR) is 245 cm³/mol. The Bertz CT molecular complexity index is 2540. The molecule has 1 atom stereocenters. The van der Waals surface area contributed by atoms with Crippen molar-refractivity contribution in [2.45, 2.75) is 97.2 Å². The molecule has 4 aromatic carbocycles. The van der Waals surface area contributed by atoms with E-state index >= 15 is 0 Å². The number of nitrogens with one attached hydrogen (secondary N) is 2. The van der Waals surface area contributed by atoms with Crippen LogP contribution < -0.4 is 16.4 Å². The van der Waals surface area contributed by atoms with Gasteiger partial charge in [0.1, 0.15) is 11.6 Å². The molecular weight excluding hydrogens is 739 g/mol. The van der Waals surface area contributed by atoms with E-state index in [1.807, 2.05) is 13.0 Å². The predicted octanol–water partition coefficient (Wildman–Crippen LogP) is 11.0. The molecule has 0 saturated carbocycles. The summed E-state index contributed by atoms with van der Waals surface area (Å²) in [4.78, 5) is 20.2. The fraction of sp³-hybridized carbons (Fsp3) is 0.294. The number of hydrogen-bond acceptors (Lipinski definition) is 7. The normalized spacial score (nSPS) is 14.0. The number of para-hydroxylation sites is 2. The van der Waals surface area contributed by atoms with Gasteiger partial charge >= 0.3 is 0 Å². The first-order valence-electron chi connectivity index (χ1n) is 21.7. The van der Waals surface area contributed by atoms with Gasteiger partial charge in [-0.3, -0.25) is 9.13 Å². The molecular formula is C51H55N9. The largest absolute Gasteiger partial charge is 0.366 e. The molecule has 0 aliphatic heterocycles. The van der Waals surface area contributed by atoms with Crippen LogP contribution in [-0.2, 0) is 38.8 Å². The first kappa shape index (κ1) is 39.2. The Morgan fingerprint density at radius 3 is 1.40 bits per heavy atom. The van der Waals surface area contributed by atoms with Crippen molar-refractivity contribution in [2.75, 3.05) is 10.6 Å². The molecule has 9 heteroatoms. The number of aryl methyl sites for hydroxylation is 2. The van der Waals surface area contributed by atoms with Gasteiger partial charge in [0.15, 0.2) is 0 Å². The molecule has 4 N–H and O–H groups in total. The fourth-order valence-electron chi connectivity index (χ4n) is 8.78. The molecule has 304 valence electrons. The van der Waals surface area contributed by atoms with Gasteiger partial charge in [-0.1, -0.05) is 111 Å². The second kappa shape index (κ2) is 17.5. The third-order valence-corrected chi connectivity index (χ3v) is 11.9. The standard InChI is InChI=1S/C26H28N4.C25H27N5/c1-18(2)24-16-20-12-6-9-15-23(20)30(24)26-28-22-14-8-7-13-21(22)25(29-26)27-17-19-10-4-3-5-11-19;1-17(26)23-15-19-11-5-8-14-22(19)30(23)25-28-21-13-7-6-12-20(21)24(29-25)27-16-18-9-3-2-4-10-18/h3-6,9-12,15-16,18H,7-8,13-14,17H2,1-2H3,(H,27,28,29);2-5,8-11,14-15,17H,6-7,12-13,16,26H2,1H3,(H,27,28,29). The van der Waals surface area contributed by atoms with Gasteiger partial charge in [0, 0.05) is 52.4 Å². The highest BCUT2D eigenvalue weighted by atomic mass is 15.2. The van der Waals surface area contributed by atoms with E-state index in [2.05, 4.69) is 149 Å². The lowest BCUT2D eigenvalue weighted by atomic mass is 9.96. The van der Waals surface area contributed by atoms with Crippen LogP contribution in [-0.4, -0.2) is 29.1 Å². The monoisotopic (exact) mass is 793 g/mol. The number of hydrogen-bond donors (Lipinski definition) is 3. The molecule has 0 bridgehead atoms. The molecule has 0 spiro atoms. The summed E-state index contributed by atoms with van der Waals surface area (Å²) in [7, 11) is 0. The zero-order chi connectivity index (χ0) is 41.0. The van der Waals surface area contributed by atoms with Gasteiger partial charge in [-0.2, -0.15) is 9.97 Å². The highest BCUT2D eigenvalue weighted by molar-refractivity contribution is 5.84. The van der Waals surface area contributed by atoms with E-state index in [-0.39, 0.29) is 6.04 Å². The van der Waals surface area contributed by atoms with Crippen molar-refractivity contribution in [3.8, 4) is 11.9 Å². The van der Waals surface area contributed by atoms with Crippen molar-refractivity contribution in [1.82, 2.24) is 29.1 Å². The zero-order valence-corrected chi connectivity index (χ0v) is 35.0. The highest BCUT2D eigenvalue weighted by Crippen LogP contribution is 2.33. The molecule has 8 aromatic rings. The molecule has 0 saturated heterocycles. The number of benzene rings is 4. The molecule has 4 heterocycles. The molecule has 2 aliphatic rings. The molecule has 4 aromatic heterocycles. The van der Waals surface area contributed by atoms with Gasteiger partial charge in [-0.05, 0) is 99.6 Å². The number of anilines is 2. The van der Waals surface area contributed by atoms with E-state index in [1.54, 1.807) is 0 Å². The highest BCUT2D eigenvalue weighted by Gasteiger charge is 2.23. The van der Waals surface area contributed by atoms with Crippen molar-refractivity contribution in [2.24, 2.45) is 5.73 Å². The Morgan fingerprint density at radius 1 is 0.517 bits per heavy atom. The first-order chi connectivity index (χ1) is 29.4. The number of nitrogens with zero attached hydrogens (tertiary/aromatic N) is 6. The minimum atomic E-state index is -0.113. The lowest BCUT2D eigenvalue weighted by Gasteiger charge is -2.21. The van der Waals surface area contributed by atoms with E-state index in [1.165, 1.54) is 70.2 Å². The van der Waals surface area contributed by atoms with Crippen LogP contribution >= 0.6 is 0 Å². The Labute approximate surface area is 353 Å². The van der Waals surface area contributed by atoms with Gasteiger partial charge in [0.05, 0.1) is 22.4 Å². The average Bonchev–Trinajstić information content (AvgIpc) is 3.88. The van der Waals surface area contributed by atoms with Crippen molar-refractivity contribution in [3.05, 3.63) is 166 Å². The van der Waals surface area contributed by atoms with Gasteiger partial charge in [0.25, 0.3) is 0 Å². The minimum absolute atomic E-state index is 0.113. The summed E-state index contributed by atoms with van der Waals surface area (Å²) in [5, 5.41) is 9.61. The Kier molecular flexibility index (Phi) is 11.4. The summed E-state index contributed by atoms with van der Waals surface area (Å²) in [6, 6.07) is 42.1. The van der Waals surface area contributed by atoms with Crippen LogP contribution in [0.5, 0.6) is 0 Å². The third kappa shape index (κ3) is 8.14. The maximum atomic E-state index is 6.33. The zero-order valence-electron chi connectivity index (χ0n) is 35.0. The van der Waals surface area contributed by atoms with Crippen molar-refractivity contribution in [3.63, 3.8) is 0 Å². The molecule has 1 unspecified atom stereocenters. The summed E-state index contributed by atoms with van der Waals surface area (Å²) >= 11 is 0. The van der Waals surface area contributed by atoms with Crippen LogP contribution in [0.15, 0.2) is 121 Å². The van der Waals surface area contributed by atoms with Gasteiger partial charge in [-0.15, -0.1) is 0 Å². The van der Waals surface area contributed by atoms with Crippen molar-refractivity contribution < 1.29 is 0 Å². The minimum Gasteiger partial charge on any atom is -0.366 e. The lowest BCUT2D eigenvalue weighted by molar-refractivity contribution is 0.655. The second-order valence-electron chi connectivity index (χ2n) is 16.6. The molecule has 60 heavy (non-hydrogen) atoms. The summed E-state index contributed by atoms with van der Waals surface area (Å²) in [5.41, 5.74) is 18.3. The van der Waals surface area contributed by atoms with Crippen LogP contribution in [0.25, 0.3) is 33.7 Å². The Balaban J connectivity index is 0.000000154. The van der Waals surface area contributed by atoms with E-state index in [4.69, 9.17) is 25.7 Å². The third-order valence-electron chi connectivity index (χ3n) is 11.9. The Hall–Kier alpha value is -6.32. The quantitative estimate of drug-likeness (QED) is 0.126. The van der Waals surface area contributed by atoms with Crippen LogP contribution in [0.2, 0.25) is 0 Å². The first-order valence-corrected chi connectivity index (χ1v) is 21.7. The fourth-order valence-corrected chi connectivity index (χ4v) is 8.78. The second-order valence-corrected chi connectivity index (χ2v) is 16.6. The maximum absolute atomic E-state index is 6.33. The summed E-state index contributed by atoms with van der Waals surface area (Å²) < 4.78 is 4.38. The van der Waals surface area contributed by atoms with E-state index < -0.39 is 0 Å². The van der Waals surface area contributed by atoms with Crippen molar-refractivity contribution in [1.29, 1.82) is 0 Å². The number of rotatable bonds is 10. The summed E-state index contributed by atoms with van der Waals surface area (Å²) in [6.07, 6.45) is 8.88. The molecule has 0 amide bonds. The van der Waals surface area contributed by atoms with Gasteiger partial charge in [-0.25, -0.2) is 9.97 Å². The topological polar surface area (TPSA) is 112 Å². The summed E-state index contributed by atoms with van der Waals surface area (Å²) in [6.45, 7) is 8.00. The van der Waals surface area contributed by atoms with Crippen LogP contribution in [0.3, 0.4) is 0 Å². The maximum Gasteiger partial charge on any atom is 0.236 e. The molecule has 2 aliphatic carbocycles. The van der Waals surface area contributed by atoms with Gasteiger partial charge in [0.2, 0.25) is 11.9 Å².